The summed E-state index contributed by atoms with van der Waals surface area (Å²) in [5.41, 5.74) is 1.34. The molecule has 0 atom stereocenters. The number of nitrogens with zero attached hydrogens (tertiary/aromatic N) is 1. The van der Waals surface area contributed by atoms with Gasteiger partial charge in [0.25, 0.3) is 0 Å². The summed E-state index contributed by atoms with van der Waals surface area (Å²) >= 11 is 1.79. The topological polar surface area (TPSA) is 24.1 Å². The lowest BCUT2D eigenvalue weighted by Gasteiger charge is -1.96. The first-order valence-corrected chi connectivity index (χ1v) is 5.31. The second-order valence-corrected chi connectivity index (χ2v) is 3.65. The molecule has 0 saturated carbocycles. The first-order valence-electron chi connectivity index (χ1n) is 4.43. The number of aliphatic hydroxyl groups is 1. The van der Waals surface area contributed by atoms with Crippen molar-refractivity contribution in [3.05, 3.63) is 16.1 Å². The van der Waals surface area contributed by atoms with E-state index in [-0.39, 0.29) is 6.61 Å². The molecule has 0 unspecified atom stereocenters. The number of rotatable bonds is 4. The van der Waals surface area contributed by atoms with Crippen molar-refractivity contribution in [3.8, 4) is 0 Å². The van der Waals surface area contributed by atoms with Crippen molar-refractivity contribution in [1.82, 2.24) is 0 Å². The van der Waals surface area contributed by atoms with Crippen LogP contribution in [-0.2, 0) is 19.4 Å². The Morgan fingerprint density at radius 1 is 1.42 bits per heavy atom. The quantitative estimate of drug-likeness (QED) is 0.701. The summed E-state index contributed by atoms with van der Waals surface area (Å²) in [6.45, 7) is 5.28. The van der Waals surface area contributed by atoms with E-state index in [0.717, 1.165) is 19.4 Å². The summed E-state index contributed by atoms with van der Waals surface area (Å²) in [5, 5.41) is 12.4. The predicted octanol–water partition coefficient (Wildman–Crippen LogP) is 1.15. The molecule has 1 N–H and O–H groups in total. The zero-order chi connectivity index (χ0) is 8.97. The molecule has 0 radical (unpaired) electrons. The molecule has 0 saturated heterocycles. The van der Waals surface area contributed by atoms with Crippen LogP contribution < -0.4 is 4.57 Å². The zero-order valence-electron chi connectivity index (χ0n) is 7.71. The molecule has 1 aromatic rings. The van der Waals surface area contributed by atoms with E-state index in [4.69, 9.17) is 5.11 Å². The Bertz CT molecular complexity index is 223. The monoisotopic (exact) mass is 186 g/mol. The molecule has 2 nitrogen and oxygen atoms in total. The highest BCUT2D eigenvalue weighted by atomic mass is 32.1. The number of aryl methyl sites for hydroxylation is 2. The van der Waals surface area contributed by atoms with Gasteiger partial charge in [-0.1, -0.05) is 25.2 Å². The fourth-order valence-corrected chi connectivity index (χ4v) is 2.41. The van der Waals surface area contributed by atoms with Crippen molar-refractivity contribution in [2.75, 3.05) is 6.61 Å². The molecular weight excluding hydrogens is 170 g/mol. The van der Waals surface area contributed by atoms with Crippen LogP contribution in [0.4, 0.5) is 0 Å². The van der Waals surface area contributed by atoms with E-state index in [2.05, 4.69) is 23.8 Å². The maximum absolute atomic E-state index is 8.86. The van der Waals surface area contributed by atoms with Gasteiger partial charge in [0.15, 0.2) is 12.2 Å². The number of aromatic nitrogens is 1. The van der Waals surface area contributed by atoms with Gasteiger partial charge >= 0.3 is 0 Å². The fraction of sp³-hybridized carbons (Fsp3) is 0.667. The van der Waals surface area contributed by atoms with Crippen molar-refractivity contribution in [3.63, 3.8) is 0 Å². The van der Waals surface area contributed by atoms with Crippen LogP contribution in [0.3, 0.4) is 0 Å². The lowest BCUT2D eigenvalue weighted by molar-refractivity contribution is -0.707. The van der Waals surface area contributed by atoms with Gasteiger partial charge in [0.2, 0.25) is 5.01 Å². The number of hydrogen-bond acceptors (Lipinski definition) is 2. The molecule has 12 heavy (non-hydrogen) atoms. The summed E-state index contributed by atoms with van der Waals surface area (Å²) in [5.74, 6) is 0. The average molecular weight is 186 g/mol. The third kappa shape index (κ3) is 1.84. The number of hydrogen-bond donors (Lipinski definition) is 1. The van der Waals surface area contributed by atoms with Crippen molar-refractivity contribution < 1.29 is 9.67 Å². The van der Waals surface area contributed by atoms with Gasteiger partial charge in [0.05, 0.1) is 5.38 Å². The average Bonchev–Trinajstić information content (AvgIpc) is 2.48. The highest BCUT2D eigenvalue weighted by molar-refractivity contribution is 7.09. The third-order valence-corrected chi connectivity index (χ3v) is 3.14. The smallest absolute Gasteiger partial charge is 0.237 e. The molecule has 1 rings (SSSR count). The molecule has 0 amide bonds. The highest BCUT2D eigenvalue weighted by Gasteiger charge is 2.15. The molecule has 68 valence electrons. The van der Waals surface area contributed by atoms with Gasteiger partial charge in [-0.2, -0.15) is 4.57 Å². The number of aliphatic hydroxyl groups excluding tert-OH is 1. The maximum Gasteiger partial charge on any atom is 0.237 e. The molecule has 0 aliphatic carbocycles. The second-order valence-electron chi connectivity index (χ2n) is 2.70. The summed E-state index contributed by atoms with van der Waals surface area (Å²) in [7, 11) is 0. The van der Waals surface area contributed by atoms with Gasteiger partial charge in [-0.25, -0.2) is 0 Å². The number of thiazole rings is 1. The molecule has 0 fully saturated rings. The van der Waals surface area contributed by atoms with E-state index >= 15 is 0 Å². The summed E-state index contributed by atoms with van der Waals surface area (Å²) < 4.78 is 2.23. The van der Waals surface area contributed by atoms with Crippen molar-refractivity contribution >= 4 is 11.3 Å². The van der Waals surface area contributed by atoms with Gasteiger partial charge in [0.1, 0.15) is 6.61 Å². The summed E-state index contributed by atoms with van der Waals surface area (Å²) in [4.78, 5) is 0. The molecule has 0 spiro atoms. The molecule has 3 heteroatoms. The Hall–Kier alpha value is -0.410. The normalized spacial score (nSPS) is 10.6. The van der Waals surface area contributed by atoms with E-state index in [1.165, 1.54) is 10.7 Å². The Morgan fingerprint density at radius 2 is 2.17 bits per heavy atom. The predicted molar refractivity (Wildman–Crippen MR) is 50.4 cm³/mol. The maximum atomic E-state index is 8.86. The van der Waals surface area contributed by atoms with Gasteiger partial charge in [-0.3, -0.25) is 0 Å². The van der Waals surface area contributed by atoms with Gasteiger partial charge in [-0.15, -0.1) is 0 Å². The molecule has 1 aromatic heterocycles. The van der Waals surface area contributed by atoms with Crippen LogP contribution in [0.5, 0.6) is 0 Å². The first kappa shape index (κ1) is 9.68. The van der Waals surface area contributed by atoms with Crippen LogP contribution >= 0.6 is 11.3 Å². The minimum absolute atomic E-state index is 0.238. The van der Waals surface area contributed by atoms with Crippen LogP contribution in [0.25, 0.3) is 0 Å². The minimum atomic E-state index is 0.238. The van der Waals surface area contributed by atoms with Crippen molar-refractivity contribution in [1.29, 1.82) is 0 Å². The van der Waals surface area contributed by atoms with Crippen molar-refractivity contribution in [2.45, 2.75) is 33.2 Å². The van der Waals surface area contributed by atoms with Gasteiger partial charge in [-0.05, 0) is 0 Å². The molecule has 0 aliphatic rings. The second kappa shape index (κ2) is 4.58. The third-order valence-electron chi connectivity index (χ3n) is 1.97. The molecule has 0 aromatic carbocycles. The SMILES string of the molecule is CCc1csc(CC)[n+]1CCO. The zero-order valence-corrected chi connectivity index (χ0v) is 8.52. The fourth-order valence-electron chi connectivity index (χ4n) is 1.34. The van der Waals surface area contributed by atoms with Gasteiger partial charge < -0.3 is 5.11 Å². The van der Waals surface area contributed by atoms with E-state index in [9.17, 15) is 0 Å². The Labute approximate surface area is 77.5 Å². The van der Waals surface area contributed by atoms with Crippen LogP contribution in [0, 0.1) is 0 Å². The Balaban J connectivity index is 2.90. The van der Waals surface area contributed by atoms with E-state index in [0.29, 0.717) is 0 Å². The standard InChI is InChI=1S/C9H16NOS/c1-3-8-7-12-9(4-2)10(8)5-6-11/h7,11H,3-6H2,1-2H3/q+1. The van der Waals surface area contributed by atoms with Crippen molar-refractivity contribution in [2.24, 2.45) is 0 Å². The Morgan fingerprint density at radius 3 is 2.67 bits per heavy atom. The van der Waals surface area contributed by atoms with Crippen LogP contribution in [0.15, 0.2) is 5.38 Å². The highest BCUT2D eigenvalue weighted by Crippen LogP contribution is 2.08. The van der Waals surface area contributed by atoms with E-state index in [1.54, 1.807) is 11.3 Å². The minimum Gasteiger partial charge on any atom is -0.390 e. The van der Waals surface area contributed by atoms with E-state index in [1.807, 2.05) is 0 Å². The Kier molecular flexibility index (Phi) is 3.69. The lowest BCUT2D eigenvalue weighted by atomic mass is 10.3. The molecular formula is C9H16NOS+. The molecule has 1 heterocycles. The largest absolute Gasteiger partial charge is 0.390 e. The molecule has 0 bridgehead atoms. The van der Waals surface area contributed by atoms with Crippen LogP contribution in [0.1, 0.15) is 24.5 Å². The summed E-state index contributed by atoms with van der Waals surface area (Å²) in [6.07, 6.45) is 2.11. The lowest BCUT2D eigenvalue weighted by Crippen LogP contribution is -2.40. The summed E-state index contributed by atoms with van der Waals surface area (Å²) in [6, 6.07) is 0. The molecule has 0 aliphatic heterocycles. The van der Waals surface area contributed by atoms with Crippen LogP contribution in [0.2, 0.25) is 0 Å². The first-order chi connectivity index (χ1) is 5.83. The van der Waals surface area contributed by atoms with Gasteiger partial charge in [0, 0.05) is 12.8 Å². The van der Waals surface area contributed by atoms with Crippen LogP contribution in [-0.4, -0.2) is 11.7 Å². The van der Waals surface area contributed by atoms with E-state index < -0.39 is 0 Å².